The Kier molecular flexibility index (Phi) is 3.33. The zero-order chi connectivity index (χ0) is 14.0. The Morgan fingerprint density at radius 3 is 2.47 bits per heavy atom. The van der Waals surface area contributed by atoms with Gasteiger partial charge in [0.05, 0.1) is 0 Å². The summed E-state index contributed by atoms with van der Waals surface area (Å²) >= 11 is 0. The van der Waals surface area contributed by atoms with Crippen molar-refractivity contribution < 1.29 is 19.8 Å². The summed E-state index contributed by atoms with van der Waals surface area (Å²) in [5.41, 5.74) is -0.00696. The van der Waals surface area contributed by atoms with Crippen LogP contribution in [0.4, 0.5) is 10.5 Å². The van der Waals surface area contributed by atoms with Crippen LogP contribution in [0.15, 0.2) is 18.2 Å². The summed E-state index contributed by atoms with van der Waals surface area (Å²) in [5.74, 6) is -1.59. The predicted octanol–water partition coefficient (Wildman–Crippen LogP) is 2.15. The number of carbonyl (C=O) groups excluding carboxylic acids is 1. The molecule has 4 N–H and O–H groups in total. The highest BCUT2D eigenvalue weighted by Crippen LogP contribution is 2.31. The minimum Gasteiger partial charge on any atom is -0.507 e. The number of carboxylic acid groups (broad SMARTS) is 1. The van der Waals surface area contributed by atoms with Crippen molar-refractivity contribution in [3.63, 3.8) is 0 Å². The van der Waals surface area contributed by atoms with Gasteiger partial charge in [-0.15, -0.1) is 0 Å². The second-order valence-corrected chi connectivity index (χ2v) is 5.03. The van der Waals surface area contributed by atoms with Crippen LogP contribution in [0.5, 0.6) is 5.75 Å². The van der Waals surface area contributed by atoms with E-state index in [4.69, 9.17) is 5.11 Å². The Morgan fingerprint density at radius 2 is 2.00 bits per heavy atom. The number of hydrogen-bond donors (Lipinski definition) is 4. The predicted molar refractivity (Wildman–Crippen MR) is 69.5 cm³/mol. The van der Waals surface area contributed by atoms with Crippen molar-refractivity contribution in [1.82, 2.24) is 5.32 Å². The molecule has 6 heteroatoms. The molecule has 0 atom stereocenters. The van der Waals surface area contributed by atoms with Crippen LogP contribution in [0, 0.1) is 0 Å². The zero-order valence-electron chi connectivity index (χ0n) is 10.6. The molecule has 0 radical (unpaired) electrons. The molecule has 0 spiro atoms. The number of carbonyl (C=O) groups is 2. The molecule has 1 aliphatic carbocycles. The fourth-order valence-corrected chi connectivity index (χ4v) is 2.06. The SMILES string of the molecule is CC1(NC(=O)Nc2ccc(C(=O)O)c(O)c2)CCC1. The second-order valence-electron chi connectivity index (χ2n) is 5.03. The summed E-state index contributed by atoms with van der Waals surface area (Å²) < 4.78 is 0. The van der Waals surface area contributed by atoms with Gasteiger partial charge in [-0.25, -0.2) is 9.59 Å². The maximum Gasteiger partial charge on any atom is 0.339 e. The van der Waals surface area contributed by atoms with Crippen LogP contribution in [0.1, 0.15) is 36.5 Å². The van der Waals surface area contributed by atoms with Crippen LogP contribution in [-0.2, 0) is 0 Å². The van der Waals surface area contributed by atoms with Gasteiger partial charge < -0.3 is 20.8 Å². The molecule has 0 bridgehead atoms. The van der Waals surface area contributed by atoms with E-state index in [0.29, 0.717) is 5.69 Å². The van der Waals surface area contributed by atoms with Crippen LogP contribution in [0.3, 0.4) is 0 Å². The van der Waals surface area contributed by atoms with E-state index in [1.807, 2.05) is 6.92 Å². The third kappa shape index (κ3) is 2.96. The molecule has 1 aliphatic rings. The van der Waals surface area contributed by atoms with Gasteiger partial charge in [0, 0.05) is 17.3 Å². The topological polar surface area (TPSA) is 98.7 Å². The van der Waals surface area contributed by atoms with Crippen molar-refractivity contribution in [2.24, 2.45) is 0 Å². The van der Waals surface area contributed by atoms with E-state index >= 15 is 0 Å². The van der Waals surface area contributed by atoms with Gasteiger partial charge in [0.25, 0.3) is 0 Å². The van der Waals surface area contributed by atoms with Crippen molar-refractivity contribution in [1.29, 1.82) is 0 Å². The summed E-state index contributed by atoms with van der Waals surface area (Å²) in [4.78, 5) is 22.5. The molecule has 1 fully saturated rings. The minimum absolute atomic E-state index is 0.160. The molecule has 1 saturated carbocycles. The standard InChI is InChI=1S/C13H16N2O4/c1-13(5-2-6-13)15-12(19)14-8-3-4-9(11(17)18)10(16)7-8/h3-4,7,16H,2,5-6H2,1H3,(H,17,18)(H2,14,15,19). The smallest absolute Gasteiger partial charge is 0.339 e. The number of urea groups is 1. The Hall–Kier alpha value is -2.24. The van der Waals surface area contributed by atoms with E-state index in [1.165, 1.54) is 18.2 Å². The Labute approximate surface area is 110 Å². The highest BCUT2D eigenvalue weighted by molar-refractivity contribution is 5.94. The lowest BCUT2D eigenvalue weighted by Gasteiger charge is -2.38. The second kappa shape index (κ2) is 4.79. The van der Waals surface area contributed by atoms with E-state index < -0.39 is 5.97 Å². The van der Waals surface area contributed by atoms with E-state index in [9.17, 15) is 14.7 Å². The fourth-order valence-electron chi connectivity index (χ4n) is 2.06. The monoisotopic (exact) mass is 264 g/mol. The van der Waals surface area contributed by atoms with E-state index in [1.54, 1.807) is 0 Å². The van der Waals surface area contributed by atoms with Crippen LogP contribution in [-0.4, -0.2) is 27.8 Å². The van der Waals surface area contributed by atoms with Gasteiger partial charge in [0.15, 0.2) is 0 Å². The fraction of sp³-hybridized carbons (Fsp3) is 0.385. The molecule has 2 amide bonds. The van der Waals surface area contributed by atoms with Crippen LogP contribution in [0.2, 0.25) is 0 Å². The Morgan fingerprint density at radius 1 is 1.32 bits per heavy atom. The van der Waals surface area contributed by atoms with Crippen LogP contribution in [0.25, 0.3) is 0 Å². The lowest BCUT2D eigenvalue weighted by Crippen LogP contribution is -2.52. The van der Waals surface area contributed by atoms with Crippen LogP contribution < -0.4 is 10.6 Å². The Bertz CT molecular complexity index is 523. The molecule has 0 saturated heterocycles. The zero-order valence-corrected chi connectivity index (χ0v) is 10.6. The average Bonchev–Trinajstić information content (AvgIpc) is 2.26. The van der Waals surface area contributed by atoms with Crippen molar-refractivity contribution in [2.45, 2.75) is 31.7 Å². The van der Waals surface area contributed by atoms with Crippen molar-refractivity contribution >= 4 is 17.7 Å². The number of benzene rings is 1. The summed E-state index contributed by atoms with van der Waals surface area (Å²) in [6.07, 6.45) is 3.00. The number of anilines is 1. The highest BCUT2D eigenvalue weighted by atomic mass is 16.4. The molecule has 102 valence electrons. The van der Waals surface area contributed by atoms with E-state index in [-0.39, 0.29) is 22.9 Å². The minimum atomic E-state index is -1.21. The first-order valence-electron chi connectivity index (χ1n) is 6.05. The lowest BCUT2D eigenvalue weighted by molar-refractivity contribution is 0.0693. The molecule has 2 rings (SSSR count). The van der Waals surface area contributed by atoms with Gasteiger partial charge in [-0.2, -0.15) is 0 Å². The van der Waals surface area contributed by atoms with Gasteiger partial charge >= 0.3 is 12.0 Å². The summed E-state index contributed by atoms with van der Waals surface area (Å²) in [6.45, 7) is 1.97. The normalized spacial score (nSPS) is 16.3. The molecule has 0 aromatic heterocycles. The molecule has 1 aromatic carbocycles. The quantitative estimate of drug-likeness (QED) is 0.672. The molecule has 0 heterocycles. The lowest BCUT2D eigenvalue weighted by atomic mass is 9.79. The third-order valence-corrected chi connectivity index (χ3v) is 3.36. The maximum absolute atomic E-state index is 11.7. The number of nitrogens with one attached hydrogen (secondary N) is 2. The summed E-state index contributed by atoms with van der Waals surface area (Å²) in [7, 11) is 0. The van der Waals surface area contributed by atoms with E-state index in [0.717, 1.165) is 19.3 Å². The molecule has 0 unspecified atom stereocenters. The number of aromatic carboxylic acids is 1. The maximum atomic E-state index is 11.7. The van der Waals surface area contributed by atoms with Gasteiger partial charge in [0.2, 0.25) is 0 Å². The molecular weight excluding hydrogens is 248 g/mol. The number of amides is 2. The molecule has 19 heavy (non-hydrogen) atoms. The van der Waals surface area contributed by atoms with Crippen LogP contribution >= 0.6 is 0 Å². The Balaban J connectivity index is 2.01. The first-order chi connectivity index (χ1) is 8.89. The number of aromatic hydroxyl groups is 1. The first kappa shape index (κ1) is 13.2. The van der Waals surface area contributed by atoms with E-state index in [2.05, 4.69) is 10.6 Å². The highest BCUT2D eigenvalue weighted by Gasteiger charge is 2.33. The van der Waals surface area contributed by atoms with Gasteiger partial charge in [-0.1, -0.05) is 0 Å². The molecule has 1 aromatic rings. The van der Waals surface area contributed by atoms with Crippen molar-refractivity contribution in [3.8, 4) is 5.75 Å². The van der Waals surface area contributed by atoms with Gasteiger partial charge in [-0.3, -0.25) is 0 Å². The van der Waals surface area contributed by atoms with Crippen molar-refractivity contribution in [2.75, 3.05) is 5.32 Å². The largest absolute Gasteiger partial charge is 0.507 e. The number of phenols is 1. The summed E-state index contributed by atoms with van der Waals surface area (Å²) in [6, 6.07) is 3.54. The number of rotatable bonds is 3. The molecular formula is C13H16N2O4. The third-order valence-electron chi connectivity index (χ3n) is 3.36. The van der Waals surface area contributed by atoms with Gasteiger partial charge in [0.1, 0.15) is 11.3 Å². The number of carboxylic acids is 1. The van der Waals surface area contributed by atoms with Crippen molar-refractivity contribution in [3.05, 3.63) is 23.8 Å². The van der Waals surface area contributed by atoms with Gasteiger partial charge in [-0.05, 0) is 38.3 Å². The molecule has 6 nitrogen and oxygen atoms in total. The number of hydrogen-bond acceptors (Lipinski definition) is 3. The summed E-state index contributed by atoms with van der Waals surface area (Å²) in [5, 5.41) is 23.7. The first-order valence-corrected chi connectivity index (χ1v) is 6.05. The molecule has 0 aliphatic heterocycles. The average molecular weight is 264 g/mol.